The molecule has 2 aromatic rings. The number of hydrogen-bond acceptors (Lipinski definition) is 6. The van der Waals surface area contributed by atoms with Gasteiger partial charge >= 0.3 is 5.97 Å². The zero-order valence-corrected chi connectivity index (χ0v) is 11.8. The molecule has 114 valence electrons. The molecule has 0 bridgehead atoms. The molecule has 0 saturated heterocycles. The number of nitrogens with one attached hydrogen (secondary N) is 1. The average Bonchev–Trinajstić information content (AvgIpc) is 3.04. The number of para-hydroxylation sites is 2. The minimum absolute atomic E-state index is 0.0407. The molecule has 1 aromatic heterocycles. The smallest absolute Gasteiger partial charge is 0.371 e. The minimum atomic E-state index is -1.15. The van der Waals surface area contributed by atoms with Gasteiger partial charge in [-0.2, -0.15) is 10.5 Å². The van der Waals surface area contributed by atoms with Crippen LogP contribution >= 0.6 is 0 Å². The number of ether oxygens (including phenoxy) is 1. The third kappa shape index (κ3) is 4.13. The molecule has 23 heavy (non-hydrogen) atoms. The van der Waals surface area contributed by atoms with Crippen LogP contribution in [0.4, 0.5) is 5.69 Å². The monoisotopic (exact) mass is 309 g/mol. The molecule has 2 rings (SSSR count). The molecule has 0 unspecified atom stereocenters. The lowest BCUT2D eigenvalue weighted by molar-refractivity contribution is 0.0658. The normalized spacial score (nSPS) is 9.30. The van der Waals surface area contributed by atoms with Crippen molar-refractivity contribution >= 4 is 11.7 Å². The molecular formula is C16H11N3O4. The molecule has 1 aromatic carbocycles. The van der Waals surface area contributed by atoms with Crippen LogP contribution < -0.4 is 10.1 Å². The van der Waals surface area contributed by atoms with Gasteiger partial charge in [-0.15, -0.1) is 0 Å². The molecule has 1 heterocycles. The lowest BCUT2D eigenvalue weighted by Gasteiger charge is -2.10. The number of nitriles is 2. The zero-order valence-electron chi connectivity index (χ0n) is 11.8. The molecular weight excluding hydrogens is 298 g/mol. The Morgan fingerprint density at radius 2 is 2.00 bits per heavy atom. The quantitative estimate of drug-likeness (QED) is 0.787. The molecule has 0 amide bonds. The Bertz CT molecular complexity index is 808. The van der Waals surface area contributed by atoms with Crippen molar-refractivity contribution in [2.24, 2.45) is 0 Å². The van der Waals surface area contributed by atoms with E-state index in [0.717, 1.165) is 0 Å². The summed E-state index contributed by atoms with van der Waals surface area (Å²) >= 11 is 0. The summed E-state index contributed by atoms with van der Waals surface area (Å²) in [7, 11) is 0. The van der Waals surface area contributed by atoms with Crippen LogP contribution in [0.2, 0.25) is 0 Å². The van der Waals surface area contributed by atoms with Crippen LogP contribution in [0, 0.1) is 22.7 Å². The number of allylic oxidation sites excluding steroid dienone is 1. The maximum Gasteiger partial charge on any atom is 0.371 e. The van der Waals surface area contributed by atoms with Crippen LogP contribution in [-0.4, -0.2) is 11.1 Å². The van der Waals surface area contributed by atoms with E-state index in [-0.39, 0.29) is 17.9 Å². The van der Waals surface area contributed by atoms with Gasteiger partial charge < -0.3 is 19.6 Å². The van der Waals surface area contributed by atoms with E-state index in [1.54, 1.807) is 36.4 Å². The van der Waals surface area contributed by atoms with Gasteiger partial charge in [0, 0.05) is 6.20 Å². The number of furan rings is 1. The van der Waals surface area contributed by atoms with Crippen LogP contribution in [0.15, 0.2) is 52.6 Å². The first-order valence-corrected chi connectivity index (χ1v) is 6.44. The maximum atomic E-state index is 10.7. The molecule has 0 radical (unpaired) electrons. The Balaban J connectivity index is 2.08. The van der Waals surface area contributed by atoms with Crippen LogP contribution in [-0.2, 0) is 6.61 Å². The number of nitrogens with zero attached hydrogens (tertiary/aromatic N) is 2. The van der Waals surface area contributed by atoms with E-state index in [0.29, 0.717) is 17.2 Å². The largest absolute Gasteiger partial charge is 0.483 e. The maximum absolute atomic E-state index is 10.7. The first kappa shape index (κ1) is 15.7. The Labute approximate surface area is 131 Å². The summed E-state index contributed by atoms with van der Waals surface area (Å²) in [6.07, 6.45) is 1.28. The van der Waals surface area contributed by atoms with Gasteiger partial charge in [-0.25, -0.2) is 4.79 Å². The first-order valence-electron chi connectivity index (χ1n) is 6.44. The highest BCUT2D eigenvalue weighted by Crippen LogP contribution is 2.25. The SMILES string of the molecule is N#CC(C#N)=CNc1ccccc1OCc1ccc(C(=O)O)o1. The van der Waals surface area contributed by atoms with E-state index in [1.165, 1.54) is 18.3 Å². The van der Waals surface area contributed by atoms with E-state index in [2.05, 4.69) is 5.32 Å². The van der Waals surface area contributed by atoms with Crippen molar-refractivity contribution in [2.45, 2.75) is 6.61 Å². The predicted octanol–water partition coefficient (Wildman–Crippen LogP) is 2.90. The molecule has 0 aliphatic rings. The summed E-state index contributed by atoms with van der Waals surface area (Å²) in [6.45, 7) is 0.0407. The van der Waals surface area contributed by atoms with E-state index in [4.69, 9.17) is 24.8 Å². The van der Waals surface area contributed by atoms with Gasteiger partial charge in [-0.3, -0.25) is 0 Å². The third-order valence-corrected chi connectivity index (χ3v) is 2.74. The fourth-order valence-electron chi connectivity index (χ4n) is 1.67. The van der Waals surface area contributed by atoms with Gasteiger partial charge in [0.2, 0.25) is 5.76 Å². The lowest BCUT2D eigenvalue weighted by atomic mass is 10.3. The van der Waals surface area contributed by atoms with Crippen molar-refractivity contribution in [3.63, 3.8) is 0 Å². The summed E-state index contributed by atoms with van der Waals surface area (Å²) < 4.78 is 10.7. The molecule has 0 aliphatic carbocycles. The van der Waals surface area contributed by atoms with Crippen LogP contribution in [0.25, 0.3) is 0 Å². The molecule has 7 nitrogen and oxygen atoms in total. The van der Waals surface area contributed by atoms with Gasteiger partial charge in [0.15, 0.2) is 0 Å². The summed E-state index contributed by atoms with van der Waals surface area (Å²) in [4.78, 5) is 10.7. The Morgan fingerprint density at radius 3 is 2.65 bits per heavy atom. The number of carbonyl (C=O) groups is 1. The number of carboxylic acids is 1. The molecule has 7 heteroatoms. The highest BCUT2D eigenvalue weighted by molar-refractivity contribution is 5.84. The third-order valence-electron chi connectivity index (χ3n) is 2.74. The predicted molar refractivity (Wildman–Crippen MR) is 79.4 cm³/mol. The van der Waals surface area contributed by atoms with Gasteiger partial charge in [-0.1, -0.05) is 12.1 Å². The number of anilines is 1. The number of aromatic carboxylic acids is 1. The van der Waals surface area contributed by atoms with Gasteiger partial charge in [0.1, 0.15) is 35.8 Å². The second-order valence-electron chi connectivity index (χ2n) is 4.28. The summed E-state index contributed by atoms with van der Waals surface area (Å²) in [5, 5.41) is 29.0. The minimum Gasteiger partial charge on any atom is -0.483 e. The summed E-state index contributed by atoms with van der Waals surface area (Å²) in [5.41, 5.74) is 0.484. The van der Waals surface area contributed by atoms with E-state index in [1.807, 2.05) is 0 Å². The summed E-state index contributed by atoms with van der Waals surface area (Å²) in [6, 6.07) is 13.3. The van der Waals surface area contributed by atoms with Crippen LogP contribution in [0.3, 0.4) is 0 Å². The molecule has 0 fully saturated rings. The highest BCUT2D eigenvalue weighted by atomic mass is 16.5. The van der Waals surface area contributed by atoms with Crippen molar-refractivity contribution in [3.8, 4) is 17.9 Å². The number of carboxylic acid groups (broad SMARTS) is 1. The average molecular weight is 309 g/mol. The van der Waals surface area contributed by atoms with Gasteiger partial charge in [0.05, 0.1) is 5.69 Å². The number of benzene rings is 1. The van der Waals surface area contributed by atoms with Crippen molar-refractivity contribution in [1.82, 2.24) is 0 Å². The van der Waals surface area contributed by atoms with Crippen LogP contribution in [0.5, 0.6) is 5.75 Å². The van der Waals surface area contributed by atoms with E-state index in [9.17, 15) is 4.79 Å². The first-order chi connectivity index (χ1) is 11.1. The van der Waals surface area contributed by atoms with Crippen LogP contribution in [0.1, 0.15) is 16.3 Å². The van der Waals surface area contributed by atoms with E-state index < -0.39 is 5.97 Å². The van der Waals surface area contributed by atoms with E-state index >= 15 is 0 Å². The molecule has 2 N–H and O–H groups in total. The Hall–Kier alpha value is -3.71. The van der Waals surface area contributed by atoms with Crippen molar-refractivity contribution < 1.29 is 19.1 Å². The summed E-state index contributed by atoms with van der Waals surface area (Å²) in [5.74, 6) is -0.482. The topological polar surface area (TPSA) is 119 Å². The van der Waals surface area contributed by atoms with Gasteiger partial charge in [-0.05, 0) is 24.3 Å². The van der Waals surface area contributed by atoms with Gasteiger partial charge in [0.25, 0.3) is 0 Å². The lowest BCUT2D eigenvalue weighted by Crippen LogP contribution is -1.98. The fourth-order valence-corrected chi connectivity index (χ4v) is 1.67. The highest BCUT2D eigenvalue weighted by Gasteiger charge is 2.10. The number of hydrogen-bond donors (Lipinski definition) is 2. The number of rotatable bonds is 6. The zero-order chi connectivity index (χ0) is 16.7. The standard InChI is InChI=1S/C16H11N3O4/c17-7-11(8-18)9-19-13-3-1-2-4-14(13)22-10-12-5-6-15(23-12)16(20)21/h1-6,9,19H,10H2,(H,20,21). The second kappa shape index (κ2) is 7.34. The molecule has 0 aliphatic heterocycles. The van der Waals surface area contributed by atoms with Crippen molar-refractivity contribution in [2.75, 3.05) is 5.32 Å². The van der Waals surface area contributed by atoms with Crippen molar-refractivity contribution in [1.29, 1.82) is 10.5 Å². The molecule has 0 atom stereocenters. The fraction of sp³-hybridized carbons (Fsp3) is 0.0625. The molecule has 0 saturated carbocycles. The van der Waals surface area contributed by atoms with Crippen molar-refractivity contribution in [3.05, 3.63) is 59.7 Å². The Kier molecular flexibility index (Phi) is 5.00. The Morgan fingerprint density at radius 1 is 1.26 bits per heavy atom. The molecule has 0 spiro atoms. The second-order valence-corrected chi connectivity index (χ2v) is 4.28.